The molecule has 2 amide bonds. The van der Waals surface area contributed by atoms with E-state index in [4.69, 9.17) is 0 Å². The van der Waals surface area contributed by atoms with Crippen molar-refractivity contribution in [3.05, 3.63) is 23.4 Å². The average Bonchev–Trinajstić information content (AvgIpc) is 3.43. The fourth-order valence-electron chi connectivity index (χ4n) is 3.92. The molecular weight excluding hydrogens is 330 g/mol. The Morgan fingerprint density at radius 2 is 2.12 bits per heavy atom. The van der Waals surface area contributed by atoms with E-state index in [-0.39, 0.29) is 24.3 Å². The van der Waals surface area contributed by atoms with Crippen molar-refractivity contribution in [2.24, 2.45) is 5.92 Å². The first-order valence-corrected chi connectivity index (χ1v) is 9.28. The molecule has 26 heavy (non-hydrogen) atoms. The quantitative estimate of drug-likeness (QED) is 0.817. The molecule has 0 radical (unpaired) electrons. The maximum Gasteiger partial charge on any atom is 0.243 e. The van der Waals surface area contributed by atoms with Crippen LogP contribution in [0.15, 0.2) is 12.1 Å². The highest BCUT2D eigenvalue weighted by molar-refractivity contribution is 5.89. The number of aryl methyl sites for hydroxylation is 1. The van der Waals surface area contributed by atoms with Crippen molar-refractivity contribution in [2.45, 2.75) is 38.6 Å². The van der Waals surface area contributed by atoms with Gasteiger partial charge in [0.25, 0.3) is 0 Å². The number of rotatable bonds is 3. The molecule has 2 saturated heterocycles. The second-order valence-corrected chi connectivity index (χ2v) is 7.49. The smallest absolute Gasteiger partial charge is 0.243 e. The van der Waals surface area contributed by atoms with Gasteiger partial charge in [0, 0.05) is 24.8 Å². The Labute approximate surface area is 153 Å². The standard InChI is InChI=1S/C19H23N5O2/c1-13-4-5-14(9-20)18(21-13)22-8-2-3-15(10-22)19(26)23-11-17(25)24(12-23)16-6-7-16/h4-5,15-16H,2-3,6-8,10-12H2,1H3. The Hall–Kier alpha value is -2.62. The molecule has 1 atom stereocenters. The Morgan fingerprint density at radius 3 is 2.85 bits per heavy atom. The second kappa shape index (κ2) is 6.60. The highest BCUT2D eigenvalue weighted by Crippen LogP contribution is 2.31. The van der Waals surface area contributed by atoms with Gasteiger partial charge in [0.05, 0.1) is 18.2 Å². The molecule has 3 fully saturated rings. The summed E-state index contributed by atoms with van der Waals surface area (Å²) in [5.41, 5.74) is 1.40. The third-order valence-corrected chi connectivity index (χ3v) is 5.47. The molecule has 3 aliphatic rings. The van der Waals surface area contributed by atoms with E-state index in [2.05, 4.69) is 11.1 Å². The number of amides is 2. The molecule has 1 unspecified atom stereocenters. The number of hydrogen-bond donors (Lipinski definition) is 0. The molecule has 7 heteroatoms. The predicted octanol–water partition coefficient (Wildman–Crippen LogP) is 1.27. The van der Waals surface area contributed by atoms with E-state index in [0.29, 0.717) is 30.6 Å². The Kier molecular flexibility index (Phi) is 4.27. The first-order valence-electron chi connectivity index (χ1n) is 9.28. The van der Waals surface area contributed by atoms with Crippen molar-refractivity contribution in [2.75, 3.05) is 31.2 Å². The van der Waals surface area contributed by atoms with Crippen LogP contribution < -0.4 is 4.90 Å². The van der Waals surface area contributed by atoms with Gasteiger partial charge in [-0.1, -0.05) is 0 Å². The third-order valence-electron chi connectivity index (χ3n) is 5.47. The zero-order chi connectivity index (χ0) is 18.3. The van der Waals surface area contributed by atoms with Gasteiger partial charge in [0.2, 0.25) is 11.8 Å². The van der Waals surface area contributed by atoms with E-state index >= 15 is 0 Å². The highest BCUT2D eigenvalue weighted by atomic mass is 16.2. The van der Waals surface area contributed by atoms with Gasteiger partial charge >= 0.3 is 0 Å². The van der Waals surface area contributed by atoms with Crippen LogP contribution in [0.3, 0.4) is 0 Å². The normalized spacial score (nSPS) is 23.3. The summed E-state index contributed by atoms with van der Waals surface area (Å²) in [6.07, 6.45) is 3.81. The van der Waals surface area contributed by atoms with Crippen LogP contribution >= 0.6 is 0 Å². The van der Waals surface area contributed by atoms with Gasteiger partial charge in [0.15, 0.2) is 0 Å². The minimum atomic E-state index is -0.149. The van der Waals surface area contributed by atoms with Crippen LogP contribution in [0.5, 0.6) is 0 Å². The minimum absolute atomic E-state index is 0.0531. The van der Waals surface area contributed by atoms with Gasteiger partial charge in [-0.25, -0.2) is 4.98 Å². The van der Waals surface area contributed by atoms with Crippen molar-refractivity contribution in [1.29, 1.82) is 5.26 Å². The van der Waals surface area contributed by atoms with Crippen LogP contribution in [0.1, 0.15) is 36.9 Å². The van der Waals surface area contributed by atoms with Gasteiger partial charge in [-0.2, -0.15) is 5.26 Å². The van der Waals surface area contributed by atoms with Gasteiger partial charge in [-0.05, 0) is 44.7 Å². The summed E-state index contributed by atoms with van der Waals surface area (Å²) in [5.74, 6) is 0.643. The molecular formula is C19H23N5O2. The largest absolute Gasteiger partial charge is 0.355 e. The van der Waals surface area contributed by atoms with Crippen LogP contribution in [0, 0.1) is 24.2 Å². The lowest BCUT2D eigenvalue weighted by molar-refractivity contribution is -0.135. The number of carbonyl (C=O) groups excluding carboxylic acids is 2. The van der Waals surface area contributed by atoms with E-state index in [9.17, 15) is 14.9 Å². The maximum absolute atomic E-state index is 13.0. The molecule has 136 valence electrons. The lowest BCUT2D eigenvalue weighted by atomic mass is 9.96. The van der Waals surface area contributed by atoms with E-state index in [1.54, 1.807) is 11.0 Å². The van der Waals surface area contributed by atoms with Crippen molar-refractivity contribution < 1.29 is 9.59 Å². The number of anilines is 1. The van der Waals surface area contributed by atoms with E-state index in [1.165, 1.54) is 0 Å². The minimum Gasteiger partial charge on any atom is -0.355 e. The Bertz CT molecular complexity index is 783. The lowest BCUT2D eigenvalue weighted by Crippen LogP contribution is -2.45. The first kappa shape index (κ1) is 16.8. The van der Waals surface area contributed by atoms with Gasteiger partial charge in [-0.3, -0.25) is 9.59 Å². The number of hydrogen-bond acceptors (Lipinski definition) is 5. The highest BCUT2D eigenvalue weighted by Gasteiger charge is 2.41. The van der Waals surface area contributed by atoms with E-state index in [1.807, 2.05) is 22.8 Å². The number of piperidine rings is 1. The van der Waals surface area contributed by atoms with Crippen molar-refractivity contribution in [3.8, 4) is 6.07 Å². The van der Waals surface area contributed by atoms with Crippen molar-refractivity contribution >= 4 is 17.6 Å². The Morgan fingerprint density at radius 1 is 1.31 bits per heavy atom. The Balaban J connectivity index is 1.47. The molecule has 4 rings (SSSR count). The van der Waals surface area contributed by atoms with E-state index < -0.39 is 0 Å². The fraction of sp³-hybridized carbons (Fsp3) is 0.579. The van der Waals surface area contributed by atoms with Crippen LogP contribution in [-0.4, -0.2) is 58.9 Å². The molecule has 2 aliphatic heterocycles. The van der Waals surface area contributed by atoms with Gasteiger partial charge in [-0.15, -0.1) is 0 Å². The summed E-state index contributed by atoms with van der Waals surface area (Å²) < 4.78 is 0. The molecule has 7 nitrogen and oxygen atoms in total. The summed E-state index contributed by atoms with van der Waals surface area (Å²) >= 11 is 0. The summed E-state index contributed by atoms with van der Waals surface area (Å²) in [7, 11) is 0. The summed E-state index contributed by atoms with van der Waals surface area (Å²) in [5, 5.41) is 9.37. The summed E-state index contributed by atoms with van der Waals surface area (Å²) in [6, 6.07) is 6.16. The third kappa shape index (κ3) is 3.12. The molecule has 0 bridgehead atoms. The molecule has 3 heterocycles. The summed E-state index contributed by atoms with van der Waals surface area (Å²) in [6.45, 7) is 3.89. The average molecular weight is 353 g/mol. The van der Waals surface area contributed by atoms with Crippen molar-refractivity contribution in [3.63, 3.8) is 0 Å². The zero-order valence-corrected chi connectivity index (χ0v) is 15.0. The van der Waals surface area contributed by atoms with Crippen LogP contribution in [-0.2, 0) is 9.59 Å². The van der Waals surface area contributed by atoms with Gasteiger partial charge < -0.3 is 14.7 Å². The SMILES string of the molecule is Cc1ccc(C#N)c(N2CCCC(C(=O)N3CC(=O)N(C4CC4)C3)C2)n1. The van der Waals surface area contributed by atoms with Crippen LogP contribution in [0.25, 0.3) is 0 Å². The maximum atomic E-state index is 13.0. The molecule has 1 aliphatic carbocycles. The topological polar surface area (TPSA) is 80.5 Å². The van der Waals surface area contributed by atoms with Gasteiger partial charge in [0.1, 0.15) is 18.4 Å². The monoisotopic (exact) mass is 353 g/mol. The molecule has 0 spiro atoms. The molecule has 0 aromatic carbocycles. The molecule has 1 aromatic heterocycles. The summed E-state index contributed by atoms with van der Waals surface area (Å²) in [4.78, 5) is 35.2. The first-order chi connectivity index (χ1) is 12.6. The molecule has 1 aromatic rings. The van der Waals surface area contributed by atoms with Crippen molar-refractivity contribution in [1.82, 2.24) is 14.8 Å². The predicted molar refractivity (Wildman–Crippen MR) is 95.1 cm³/mol. The second-order valence-electron chi connectivity index (χ2n) is 7.49. The van der Waals surface area contributed by atoms with Crippen LogP contribution in [0.4, 0.5) is 5.82 Å². The van der Waals surface area contributed by atoms with E-state index in [0.717, 1.165) is 37.9 Å². The number of nitriles is 1. The zero-order valence-electron chi connectivity index (χ0n) is 15.0. The number of aromatic nitrogens is 1. The number of pyridine rings is 1. The number of carbonyl (C=O) groups is 2. The fourth-order valence-corrected chi connectivity index (χ4v) is 3.92. The molecule has 0 N–H and O–H groups in total. The number of nitrogens with zero attached hydrogens (tertiary/aromatic N) is 5. The molecule has 1 saturated carbocycles. The lowest BCUT2D eigenvalue weighted by Gasteiger charge is -2.35. The van der Waals surface area contributed by atoms with Crippen LogP contribution in [0.2, 0.25) is 0 Å².